The van der Waals surface area contributed by atoms with Gasteiger partial charge in [-0.05, 0) is 56.6 Å². The molecule has 0 radical (unpaired) electrons. The summed E-state index contributed by atoms with van der Waals surface area (Å²) in [4.78, 5) is 12.8. The van der Waals surface area contributed by atoms with Crippen LogP contribution in [0.5, 0.6) is 0 Å². The van der Waals surface area contributed by atoms with Crippen LogP contribution in [0, 0.1) is 17.2 Å². The molecule has 1 saturated heterocycles. The SMILES string of the molecule is CC(C)C[C@H](OC(c1ccccc1)c1ccc(B2OC(C)(C)C(C)(C)O2)cc1)C(=O)NCC#N.N. The summed E-state index contributed by atoms with van der Waals surface area (Å²) in [5, 5.41) is 11.5. The highest BCUT2D eigenvalue weighted by molar-refractivity contribution is 6.62. The lowest BCUT2D eigenvalue weighted by atomic mass is 9.78. The highest BCUT2D eigenvalue weighted by Gasteiger charge is 2.51. The summed E-state index contributed by atoms with van der Waals surface area (Å²) < 4.78 is 18.8. The normalized spacial score (nSPS) is 17.8. The van der Waals surface area contributed by atoms with Gasteiger partial charge in [0, 0.05) is 0 Å². The van der Waals surface area contributed by atoms with E-state index in [2.05, 4.69) is 5.32 Å². The Morgan fingerprint density at radius 1 is 1.00 bits per heavy atom. The number of nitriles is 1. The average Bonchev–Trinajstić information content (AvgIpc) is 3.02. The zero-order chi connectivity index (χ0) is 24.9. The van der Waals surface area contributed by atoms with Gasteiger partial charge in [-0.3, -0.25) is 4.79 Å². The number of benzene rings is 2. The van der Waals surface area contributed by atoms with Crippen LogP contribution in [-0.4, -0.2) is 36.9 Å². The lowest BCUT2D eigenvalue weighted by Crippen LogP contribution is -2.41. The van der Waals surface area contributed by atoms with E-state index in [1.54, 1.807) is 0 Å². The van der Waals surface area contributed by atoms with E-state index in [0.29, 0.717) is 6.42 Å². The topological polar surface area (TPSA) is 116 Å². The monoisotopic (exact) mass is 479 g/mol. The molecule has 1 unspecified atom stereocenters. The van der Waals surface area contributed by atoms with Crippen molar-refractivity contribution < 1.29 is 18.8 Å². The standard InChI is InChI=1S/C27H35BN2O4.H3N/c1-19(2)18-23(25(31)30-17-16-29)32-24(20-10-8-7-9-11-20)21-12-14-22(15-13-21)28-33-26(3,4)27(5,6)34-28;/h7-15,19,23-24H,17-18H2,1-6H3,(H,30,31);1H3/t23-,24?;/m0./s1. The predicted octanol–water partition coefficient (Wildman–Crippen LogP) is 4.31. The number of hydrogen-bond donors (Lipinski definition) is 2. The van der Waals surface area contributed by atoms with Crippen LogP contribution in [0.2, 0.25) is 0 Å². The highest BCUT2D eigenvalue weighted by Crippen LogP contribution is 2.36. The molecule has 2 atom stereocenters. The molecule has 0 saturated carbocycles. The van der Waals surface area contributed by atoms with Crippen LogP contribution in [0.25, 0.3) is 0 Å². The summed E-state index contributed by atoms with van der Waals surface area (Å²) >= 11 is 0. The number of nitrogens with one attached hydrogen (secondary N) is 1. The molecule has 35 heavy (non-hydrogen) atoms. The van der Waals surface area contributed by atoms with Gasteiger partial charge in [-0.25, -0.2) is 0 Å². The van der Waals surface area contributed by atoms with Gasteiger partial charge in [-0.15, -0.1) is 0 Å². The van der Waals surface area contributed by atoms with E-state index in [4.69, 9.17) is 19.3 Å². The zero-order valence-corrected chi connectivity index (χ0v) is 21.7. The molecule has 3 rings (SSSR count). The van der Waals surface area contributed by atoms with E-state index >= 15 is 0 Å². The molecule has 1 heterocycles. The Hall–Kier alpha value is -2.70. The second-order valence-electron chi connectivity index (χ2n) is 10.2. The summed E-state index contributed by atoms with van der Waals surface area (Å²) in [5.41, 5.74) is 1.99. The van der Waals surface area contributed by atoms with Crippen LogP contribution in [0.1, 0.15) is 65.2 Å². The fourth-order valence-electron chi connectivity index (χ4n) is 3.84. The van der Waals surface area contributed by atoms with Gasteiger partial charge in [0.05, 0.1) is 17.3 Å². The Morgan fingerprint density at radius 2 is 1.54 bits per heavy atom. The van der Waals surface area contributed by atoms with Crippen LogP contribution < -0.4 is 16.9 Å². The first kappa shape index (κ1) is 28.5. The molecule has 0 bridgehead atoms. The number of carbonyl (C=O) groups is 1. The molecule has 1 amide bonds. The summed E-state index contributed by atoms with van der Waals surface area (Å²) in [6.45, 7) is 12.2. The number of nitrogens with zero attached hydrogens (tertiary/aromatic N) is 1. The van der Waals surface area contributed by atoms with Crippen LogP contribution in [-0.2, 0) is 18.8 Å². The Balaban J connectivity index is 0.00000432. The highest BCUT2D eigenvalue weighted by atomic mass is 16.7. The molecule has 1 aliphatic rings. The third kappa shape index (κ3) is 6.93. The lowest BCUT2D eigenvalue weighted by molar-refractivity contribution is -0.136. The van der Waals surface area contributed by atoms with E-state index < -0.39 is 30.5 Å². The molecule has 2 aromatic carbocycles. The quantitative estimate of drug-likeness (QED) is 0.409. The fraction of sp³-hybridized carbons (Fsp3) is 0.481. The first-order chi connectivity index (χ1) is 16.0. The molecule has 2 aromatic rings. The van der Waals surface area contributed by atoms with Crippen molar-refractivity contribution in [2.45, 2.75) is 71.4 Å². The lowest BCUT2D eigenvalue weighted by Gasteiger charge is -2.32. The van der Waals surface area contributed by atoms with Gasteiger partial charge in [0.1, 0.15) is 18.8 Å². The van der Waals surface area contributed by atoms with Gasteiger partial charge in [0.25, 0.3) is 0 Å². The molecular formula is C27H38BN3O4. The van der Waals surface area contributed by atoms with Gasteiger partial charge < -0.3 is 25.5 Å². The van der Waals surface area contributed by atoms with Crippen molar-refractivity contribution in [3.8, 4) is 6.07 Å². The van der Waals surface area contributed by atoms with E-state index in [-0.39, 0.29) is 24.5 Å². The number of carbonyl (C=O) groups excluding carboxylic acids is 1. The molecule has 0 spiro atoms. The minimum atomic E-state index is -0.679. The van der Waals surface area contributed by atoms with Crippen molar-refractivity contribution in [2.24, 2.45) is 5.92 Å². The minimum absolute atomic E-state index is 0. The van der Waals surface area contributed by atoms with Gasteiger partial charge in [0.15, 0.2) is 0 Å². The average molecular weight is 479 g/mol. The Bertz CT molecular complexity index is 987. The molecule has 4 N–H and O–H groups in total. The summed E-state index contributed by atoms with van der Waals surface area (Å²) in [7, 11) is -0.444. The number of amides is 1. The second kappa shape index (κ2) is 11.8. The Labute approximate surface area is 209 Å². The van der Waals surface area contributed by atoms with Crippen molar-refractivity contribution in [1.29, 1.82) is 5.26 Å². The largest absolute Gasteiger partial charge is 0.494 e. The molecule has 1 fully saturated rings. The molecule has 0 aromatic heterocycles. The summed E-state index contributed by atoms with van der Waals surface area (Å²) in [5.74, 6) is -0.0231. The third-order valence-electron chi connectivity index (χ3n) is 6.49. The predicted molar refractivity (Wildman–Crippen MR) is 138 cm³/mol. The Kier molecular flexibility index (Phi) is 9.64. The Morgan fingerprint density at radius 3 is 2.06 bits per heavy atom. The fourth-order valence-corrected chi connectivity index (χ4v) is 3.84. The molecular weight excluding hydrogens is 441 g/mol. The van der Waals surface area contributed by atoms with E-state index in [1.165, 1.54) is 0 Å². The molecule has 188 valence electrons. The first-order valence-electron chi connectivity index (χ1n) is 11.8. The number of rotatable bonds is 9. The van der Waals surface area contributed by atoms with Crippen molar-refractivity contribution in [2.75, 3.05) is 6.54 Å². The van der Waals surface area contributed by atoms with Gasteiger partial charge in [0.2, 0.25) is 5.91 Å². The van der Waals surface area contributed by atoms with Crippen molar-refractivity contribution in [1.82, 2.24) is 11.5 Å². The van der Waals surface area contributed by atoms with Crippen LogP contribution >= 0.6 is 0 Å². The van der Waals surface area contributed by atoms with Crippen LogP contribution in [0.4, 0.5) is 0 Å². The van der Waals surface area contributed by atoms with Crippen LogP contribution in [0.3, 0.4) is 0 Å². The van der Waals surface area contributed by atoms with E-state index in [9.17, 15) is 4.79 Å². The summed E-state index contributed by atoms with van der Waals surface area (Å²) in [6, 6.07) is 19.8. The smallest absolute Gasteiger partial charge is 0.399 e. The zero-order valence-electron chi connectivity index (χ0n) is 21.7. The maximum Gasteiger partial charge on any atom is 0.494 e. The summed E-state index contributed by atoms with van der Waals surface area (Å²) in [6.07, 6.45) is -0.571. The molecule has 8 heteroatoms. The maximum absolute atomic E-state index is 12.8. The molecule has 7 nitrogen and oxygen atoms in total. The van der Waals surface area contributed by atoms with E-state index in [1.807, 2.05) is 102 Å². The molecule has 1 aliphatic heterocycles. The first-order valence-corrected chi connectivity index (χ1v) is 11.8. The number of ether oxygens (including phenoxy) is 1. The van der Waals surface area contributed by atoms with Crippen molar-refractivity contribution in [3.63, 3.8) is 0 Å². The van der Waals surface area contributed by atoms with Gasteiger partial charge in [-0.1, -0.05) is 68.4 Å². The van der Waals surface area contributed by atoms with E-state index in [0.717, 1.165) is 16.6 Å². The number of hydrogen-bond acceptors (Lipinski definition) is 6. The second-order valence-corrected chi connectivity index (χ2v) is 10.2. The molecule has 0 aliphatic carbocycles. The minimum Gasteiger partial charge on any atom is -0.399 e. The third-order valence-corrected chi connectivity index (χ3v) is 6.49. The van der Waals surface area contributed by atoms with Crippen molar-refractivity contribution in [3.05, 3.63) is 65.7 Å². The van der Waals surface area contributed by atoms with Crippen LogP contribution in [0.15, 0.2) is 54.6 Å². The van der Waals surface area contributed by atoms with Gasteiger partial charge in [-0.2, -0.15) is 5.26 Å². The van der Waals surface area contributed by atoms with Gasteiger partial charge >= 0.3 is 7.12 Å². The maximum atomic E-state index is 12.8. The van der Waals surface area contributed by atoms with Crippen molar-refractivity contribution >= 4 is 18.5 Å².